The molecule has 0 spiro atoms. The average Bonchev–Trinajstić information content (AvgIpc) is 2.50. The van der Waals surface area contributed by atoms with Crippen LogP contribution in [0, 0.1) is 0 Å². The largest absolute Gasteiger partial charge is 0.478 e. The molecule has 1 aromatic carbocycles. The maximum absolute atomic E-state index is 12.3. The van der Waals surface area contributed by atoms with E-state index < -0.39 is 35.7 Å². The first-order valence-corrected chi connectivity index (χ1v) is 7.16. The van der Waals surface area contributed by atoms with Gasteiger partial charge in [0.1, 0.15) is 6.10 Å². The van der Waals surface area contributed by atoms with Gasteiger partial charge in [-0.25, -0.2) is 14.4 Å². The number of ether oxygens (including phenoxy) is 2. The Hall–Kier alpha value is -2.67. The van der Waals surface area contributed by atoms with E-state index in [9.17, 15) is 19.5 Å². The number of carbonyl (C=O) groups excluding carboxylic acids is 2. The van der Waals surface area contributed by atoms with E-state index in [2.05, 4.69) is 6.58 Å². The van der Waals surface area contributed by atoms with E-state index in [1.165, 1.54) is 45.0 Å². The maximum Gasteiger partial charge on any atom is 0.339 e. The summed E-state index contributed by atoms with van der Waals surface area (Å²) in [6.45, 7) is 7.47. The van der Waals surface area contributed by atoms with Gasteiger partial charge in [-0.3, -0.25) is 0 Å². The molecule has 0 aliphatic rings. The molecule has 0 saturated heterocycles. The number of aliphatic hydroxyl groups is 1. The van der Waals surface area contributed by atoms with Gasteiger partial charge in [-0.05, 0) is 32.9 Å². The molecule has 2 N–H and O–H groups in total. The van der Waals surface area contributed by atoms with Crippen LogP contribution >= 0.6 is 0 Å². The summed E-state index contributed by atoms with van der Waals surface area (Å²) in [7, 11) is 0. The number of carbonyl (C=O) groups is 3. The van der Waals surface area contributed by atoms with Gasteiger partial charge >= 0.3 is 17.9 Å². The van der Waals surface area contributed by atoms with E-state index in [4.69, 9.17) is 14.6 Å². The molecule has 0 bridgehead atoms. The molecular weight excluding hydrogens is 316 g/mol. The first-order valence-electron chi connectivity index (χ1n) is 7.16. The van der Waals surface area contributed by atoms with Crippen molar-refractivity contribution in [1.29, 1.82) is 0 Å². The highest BCUT2D eigenvalue weighted by molar-refractivity contribution is 6.02. The van der Waals surface area contributed by atoms with Crippen molar-refractivity contribution in [3.63, 3.8) is 0 Å². The molecule has 24 heavy (non-hydrogen) atoms. The summed E-state index contributed by atoms with van der Waals surface area (Å²) in [6.07, 6.45) is -1.24. The van der Waals surface area contributed by atoms with Crippen LogP contribution in [0.1, 0.15) is 41.5 Å². The molecule has 0 aliphatic carbocycles. The second-order valence-corrected chi connectivity index (χ2v) is 5.68. The summed E-state index contributed by atoms with van der Waals surface area (Å²) in [5.41, 5.74) is -1.93. The lowest BCUT2D eigenvalue weighted by atomic mass is 9.97. The number of hydrogen-bond acceptors (Lipinski definition) is 6. The fourth-order valence-electron chi connectivity index (χ4n) is 2.13. The van der Waals surface area contributed by atoms with Crippen LogP contribution in [-0.4, -0.2) is 45.9 Å². The molecule has 0 fully saturated rings. The van der Waals surface area contributed by atoms with Crippen molar-refractivity contribution in [3.8, 4) is 0 Å². The summed E-state index contributed by atoms with van der Waals surface area (Å²) in [5, 5.41) is 19.3. The minimum atomic E-state index is -1.53. The number of esters is 2. The molecule has 0 aromatic heterocycles. The Labute approximate surface area is 139 Å². The zero-order valence-corrected chi connectivity index (χ0v) is 13.7. The summed E-state index contributed by atoms with van der Waals surface area (Å²) in [6, 6.07) is 5.53. The highest BCUT2D eigenvalue weighted by atomic mass is 16.6. The molecule has 130 valence electrons. The third kappa shape index (κ3) is 4.92. The third-order valence-electron chi connectivity index (χ3n) is 3.20. The lowest BCUT2D eigenvalue weighted by Gasteiger charge is -2.33. The van der Waals surface area contributed by atoms with Gasteiger partial charge in [-0.15, -0.1) is 0 Å². The van der Waals surface area contributed by atoms with E-state index in [0.29, 0.717) is 0 Å². The topological polar surface area (TPSA) is 110 Å². The molecule has 0 radical (unpaired) electrons. The highest BCUT2D eigenvalue weighted by Gasteiger charge is 2.38. The van der Waals surface area contributed by atoms with E-state index >= 15 is 0 Å². The Kier molecular flexibility index (Phi) is 6.25. The molecule has 0 saturated carbocycles. The summed E-state index contributed by atoms with van der Waals surface area (Å²) in [5.74, 6) is -2.96. The summed E-state index contributed by atoms with van der Waals surface area (Å²) in [4.78, 5) is 34.8. The van der Waals surface area contributed by atoms with Crippen LogP contribution in [0.25, 0.3) is 0 Å². The van der Waals surface area contributed by atoms with Gasteiger partial charge in [-0.2, -0.15) is 0 Å². The minimum absolute atomic E-state index is 0.165. The van der Waals surface area contributed by atoms with Crippen molar-refractivity contribution in [2.45, 2.75) is 38.6 Å². The van der Waals surface area contributed by atoms with Crippen LogP contribution in [0.5, 0.6) is 0 Å². The SMILES string of the molecule is C=CC(=O)OC(C)C(OC(=O)c1ccccc1C(=O)O)C(C)(C)O. The molecular formula is C17H20O7. The van der Waals surface area contributed by atoms with Crippen molar-refractivity contribution < 1.29 is 34.1 Å². The maximum atomic E-state index is 12.3. The molecule has 0 heterocycles. The van der Waals surface area contributed by atoms with Gasteiger partial charge in [-0.1, -0.05) is 18.7 Å². The molecule has 0 aliphatic heterocycles. The van der Waals surface area contributed by atoms with E-state index in [-0.39, 0.29) is 11.1 Å². The van der Waals surface area contributed by atoms with Crippen LogP contribution in [0.2, 0.25) is 0 Å². The predicted octanol–water partition coefficient (Wildman–Crippen LogP) is 1.80. The molecule has 0 amide bonds. The Bertz CT molecular complexity index is 643. The standard InChI is InChI=1S/C17H20O7/c1-5-13(18)23-10(2)14(17(3,4)22)24-16(21)12-9-7-6-8-11(12)15(19)20/h5-10,14,22H,1H2,2-4H3,(H,19,20). The summed E-state index contributed by atoms with van der Waals surface area (Å²) >= 11 is 0. The number of rotatable bonds is 7. The highest BCUT2D eigenvalue weighted by Crippen LogP contribution is 2.21. The zero-order chi connectivity index (χ0) is 18.5. The average molecular weight is 336 g/mol. The lowest BCUT2D eigenvalue weighted by molar-refractivity contribution is -0.159. The van der Waals surface area contributed by atoms with Crippen molar-refractivity contribution in [2.24, 2.45) is 0 Å². The fraction of sp³-hybridized carbons (Fsp3) is 0.353. The quantitative estimate of drug-likeness (QED) is 0.577. The van der Waals surface area contributed by atoms with Gasteiger partial charge in [0.25, 0.3) is 0 Å². The Morgan fingerprint density at radius 1 is 1.17 bits per heavy atom. The van der Waals surface area contributed by atoms with Gasteiger partial charge in [0.2, 0.25) is 0 Å². The van der Waals surface area contributed by atoms with Crippen molar-refractivity contribution in [1.82, 2.24) is 0 Å². The normalized spacial score (nSPS) is 13.5. The van der Waals surface area contributed by atoms with Crippen molar-refractivity contribution in [2.75, 3.05) is 0 Å². The van der Waals surface area contributed by atoms with Crippen LogP contribution in [0.4, 0.5) is 0 Å². The smallest absolute Gasteiger partial charge is 0.339 e. The van der Waals surface area contributed by atoms with Gasteiger partial charge in [0.05, 0.1) is 16.7 Å². The van der Waals surface area contributed by atoms with Crippen LogP contribution in [0.15, 0.2) is 36.9 Å². The van der Waals surface area contributed by atoms with E-state index in [0.717, 1.165) is 6.08 Å². The Morgan fingerprint density at radius 3 is 2.17 bits per heavy atom. The monoisotopic (exact) mass is 336 g/mol. The number of benzene rings is 1. The molecule has 1 rings (SSSR count). The lowest BCUT2D eigenvalue weighted by Crippen LogP contribution is -2.48. The molecule has 7 nitrogen and oxygen atoms in total. The zero-order valence-electron chi connectivity index (χ0n) is 13.7. The minimum Gasteiger partial charge on any atom is -0.478 e. The molecule has 2 unspecified atom stereocenters. The van der Waals surface area contributed by atoms with Gasteiger partial charge in [0.15, 0.2) is 6.10 Å². The third-order valence-corrected chi connectivity index (χ3v) is 3.20. The number of carboxylic acid groups (broad SMARTS) is 1. The number of aromatic carboxylic acids is 1. The Balaban J connectivity index is 3.07. The van der Waals surface area contributed by atoms with E-state index in [1.54, 1.807) is 0 Å². The number of carboxylic acids is 1. The first kappa shape index (κ1) is 19.4. The Morgan fingerprint density at radius 2 is 1.71 bits per heavy atom. The second kappa shape index (κ2) is 7.74. The van der Waals surface area contributed by atoms with Gasteiger partial charge in [0, 0.05) is 6.08 Å². The van der Waals surface area contributed by atoms with Crippen molar-refractivity contribution in [3.05, 3.63) is 48.0 Å². The second-order valence-electron chi connectivity index (χ2n) is 5.68. The van der Waals surface area contributed by atoms with Crippen LogP contribution < -0.4 is 0 Å². The van der Waals surface area contributed by atoms with Crippen molar-refractivity contribution >= 4 is 17.9 Å². The van der Waals surface area contributed by atoms with E-state index in [1.807, 2.05) is 0 Å². The first-order chi connectivity index (χ1) is 11.1. The number of hydrogen-bond donors (Lipinski definition) is 2. The predicted molar refractivity (Wildman–Crippen MR) is 84.7 cm³/mol. The van der Waals surface area contributed by atoms with Crippen LogP contribution in [-0.2, 0) is 14.3 Å². The summed E-state index contributed by atoms with van der Waals surface area (Å²) < 4.78 is 10.2. The molecule has 2 atom stereocenters. The van der Waals surface area contributed by atoms with Gasteiger partial charge < -0.3 is 19.7 Å². The van der Waals surface area contributed by atoms with Crippen LogP contribution in [0.3, 0.4) is 0 Å². The molecule has 7 heteroatoms. The molecule has 1 aromatic rings. The fourth-order valence-corrected chi connectivity index (χ4v) is 2.13.